The molecule has 0 atom stereocenters. The Balaban J connectivity index is 2.12. The Kier molecular flexibility index (Phi) is 6.08. The van der Waals surface area contributed by atoms with Crippen LogP contribution in [-0.2, 0) is 4.79 Å². The molecule has 0 aliphatic heterocycles. The first kappa shape index (κ1) is 17.2. The lowest BCUT2D eigenvalue weighted by Gasteiger charge is -2.11. The van der Waals surface area contributed by atoms with E-state index in [1.165, 1.54) is 6.92 Å². The van der Waals surface area contributed by atoms with Gasteiger partial charge in [0, 0.05) is 18.7 Å². The van der Waals surface area contributed by atoms with Gasteiger partial charge in [-0.05, 0) is 24.6 Å². The maximum atomic E-state index is 12.3. The predicted octanol–water partition coefficient (Wildman–Crippen LogP) is 2.81. The van der Waals surface area contributed by atoms with Gasteiger partial charge in [0.25, 0.3) is 5.91 Å². The van der Waals surface area contributed by atoms with Crippen LogP contribution in [0, 0.1) is 0 Å². The molecule has 6 heteroatoms. The molecule has 24 heavy (non-hydrogen) atoms. The minimum absolute atomic E-state index is 0.192. The molecule has 0 heterocycles. The first-order chi connectivity index (χ1) is 11.6. The van der Waals surface area contributed by atoms with E-state index < -0.39 is 0 Å². The second kappa shape index (κ2) is 8.47. The van der Waals surface area contributed by atoms with E-state index in [1.807, 2.05) is 37.3 Å². The molecule has 0 unspecified atom stereocenters. The Morgan fingerprint density at radius 1 is 1.17 bits per heavy atom. The number of amides is 2. The van der Waals surface area contributed by atoms with E-state index in [0.29, 0.717) is 23.6 Å². The van der Waals surface area contributed by atoms with Crippen molar-refractivity contribution in [3.05, 3.63) is 59.7 Å². The Morgan fingerprint density at radius 3 is 2.58 bits per heavy atom. The second-order valence-electron chi connectivity index (χ2n) is 4.93. The smallest absolute Gasteiger partial charge is 0.275 e. The number of rotatable bonds is 6. The summed E-state index contributed by atoms with van der Waals surface area (Å²) in [5, 5.41) is 6.59. The number of nitrogens with zero attached hydrogens (tertiary/aromatic N) is 1. The van der Waals surface area contributed by atoms with Crippen molar-refractivity contribution in [1.82, 2.24) is 5.43 Å². The van der Waals surface area contributed by atoms with Crippen LogP contribution < -0.4 is 15.5 Å². The van der Waals surface area contributed by atoms with E-state index >= 15 is 0 Å². The first-order valence-electron chi connectivity index (χ1n) is 7.53. The third-order valence-corrected chi connectivity index (χ3v) is 3.03. The van der Waals surface area contributed by atoms with Crippen molar-refractivity contribution in [2.24, 2.45) is 5.10 Å². The second-order valence-corrected chi connectivity index (χ2v) is 4.93. The SMILES string of the molecule is CCOc1cc(NC(C)=O)ccc1C(=O)NN=Cc1ccccc1. The van der Waals surface area contributed by atoms with Gasteiger partial charge in [-0.3, -0.25) is 9.59 Å². The summed E-state index contributed by atoms with van der Waals surface area (Å²) in [6, 6.07) is 14.3. The van der Waals surface area contributed by atoms with Gasteiger partial charge in [-0.25, -0.2) is 5.43 Å². The Bertz CT molecular complexity index is 742. The highest BCUT2D eigenvalue weighted by Gasteiger charge is 2.13. The van der Waals surface area contributed by atoms with Gasteiger partial charge in [-0.15, -0.1) is 0 Å². The molecule has 0 aromatic heterocycles. The van der Waals surface area contributed by atoms with Crippen LogP contribution in [0.1, 0.15) is 29.8 Å². The fraction of sp³-hybridized carbons (Fsp3) is 0.167. The number of hydrogen-bond acceptors (Lipinski definition) is 4. The summed E-state index contributed by atoms with van der Waals surface area (Å²) < 4.78 is 5.48. The third kappa shape index (κ3) is 4.95. The highest BCUT2D eigenvalue weighted by Crippen LogP contribution is 2.23. The molecule has 0 radical (unpaired) electrons. The molecule has 124 valence electrons. The number of nitrogens with one attached hydrogen (secondary N) is 2. The molecule has 2 amide bonds. The average Bonchev–Trinajstić information content (AvgIpc) is 2.56. The van der Waals surface area contributed by atoms with Gasteiger partial charge >= 0.3 is 0 Å². The number of ether oxygens (including phenoxy) is 1. The highest BCUT2D eigenvalue weighted by atomic mass is 16.5. The maximum Gasteiger partial charge on any atom is 0.275 e. The standard InChI is InChI=1S/C18H19N3O3/c1-3-24-17-11-15(20-13(2)22)9-10-16(17)18(23)21-19-12-14-7-5-4-6-8-14/h4-12H,3H2,1-2H3,(H,20,22)(H,21,23). The van der Waals surface area contributed by atoms with E-state index in [4.69, 9.17) is 4.74 Å². The molecule has 2 rings (SSSR count). The van der Waals surface area contributed by atoms with Crippen molar-refractivity contribution in [2.75, 3.05) is 11.9 Å². The zero-order valence-corrected chi connectivity index (χ0v) is 13.6. The summed E-state index contributed by atoms with van der Waals surface area (Å²) in [6.07, 6.45) is 1.56. The molecular weight excluding hydrogens is 306 g/mol. The topological polar surface area (TPSA) is 79.8 Å². The van der Waals surface area contributed by atoms with Gasteiger partial charge < -0.3 is 10.1 Å². The van der Waals surface area contributed by atoms with Crippen molar-refractivity contribution in [2.45, 2.75) is 13.8 Å². The van der Waals surface area contributed by atoms with E-state index in [9.17, 15) is 9.59 Å². The highest BCUT2D eigenvalue weighted by molar-refractivity contribution is 5.98. The molecule has 6 nitrogen and oxygen atoms in total. The van der Waals surface area contributed by atoms with Crippen LogP contribution in [0.15, 0.2) is 53.6 Å². The summed E-state index contributed by atoms with van der Waals surface area (Å²) in [5.74, 6) is -0.196. The van der Waals surface area contributed by atoms with Gasteiger partial charge in [0.15, 0.2) is 0 Å². The van der Waals surface area contributed by atoms with Gasteiger partial charge in [-0.1, -0.05) is 30.3 Å². The zero-order valence-electron chi connectivity index (χ0n) is 13.6. The van der Waals surface area contributed by atoms with Gasteiger partial charge in [0.1, 0.15) is 5.75 Å². The molecule has 2 N–H and O–H groups in total. The van der Waals surface area contributed by atoms with E-state index in [0.717, 1.165) is 5.56 Å². The molecule has 2 aromatic rings. The zero-order chi connectivity index (χ0) is 17.4. The summed E-state index contributed by atoms with van der Waals surface area (Å²) >= 11 is 0. The summed E-state index contributed by atoms with van der Waals surface area (Å²) in [5.41, 5.74) is 4.26. The first-order valence-corrected chi connectivity index (χ1v) is 7.53. The van der Waals surface area contributed by atoms with Crippen molar-refractivity contribution in [3.8, 4) is 5.75 Å². The van der Waals surface area contributed by atoms with Crippen LogP contribution in [0.25, 0.3) is 0 Å². The third-order valence-electron chi connectivity index (χ3n) is 3.03. The lowest BCUT2D eigenvalue weighted by molar-refractivity contribution is -0.114. The number of carbonyl (C=O) groups excluding carboxylic acids is 2. The normalized spacial score (nSPS) is 10.4. The van der Waals surface area contributed by atoms with Crippen LogP contribution in [0.2, 0.25) is 0 Å². The van der Waals surface area contributed by atoms with E-state index in [-0.39, 0.29) is 11.8 Å². The van der Waals surface area contributed by atoms with Crippen LogP contribution in [-0.4, -0.2) is 24.6 Å². The molecular formula is C18H19N3O3. The molecule has 0 saturated carbocycles. The number of hydrogen-bond donors (Lipinski definition) is 2. The van der Waals surface area contributed by atoms with Crippen LogP contribution in [0.5, 0.6) is 5.75 Å². The van der Waals surface area contributed by atoms with Gasteiger partial charge in [0.05, 0.1) is 18.4 Å². The van der Waals surface area contributed by atoms with Crippen molar-refractivity contribution in [3.63, 3.8) is 0 Å². The molecule has 0 spiro atoms. The molecule has 0 aliphatic rings. The Hall–Kier alpha value is -3.15. The minimum atomic E-state index is -0.389. The predicted molar refractivity (Wildman–Crippen MR) is 93.4 cm³/mol. The van der Waals surface area contributed by atoms with Crippen LogP contribution in [0.3, 0.4) is 0 Å². The number of anilines is 1. The fourth-order valence-electron chi connectivity index (χ4n) is 2.03. The maximum absolute atomic E-state index is 12.3. The van der Waals surface area contributed by atoms with Crippen LogP contribution in [0.4, 0.5) is 5.69 Å². The lowest BCUT2D eigenvalue weighted by atomic mass is 10.1. The minimum Gasteiger partial charge on any atom is -0.493 e. The molecule has 0 saturated heterocycles. The molecule has 2 aromatic carbocycles. The van der Waals surface area contributed by atoms with Gasteiger partial charge in [0.2, 0.25) is 5.91 Å². The molecule has 0 bridgehead atoms. The van der Waals surface area contributed by atoms with Crippen molar-refractivity contribution >= 4 is 23.7 Å². The largest absolute Gasteiger partial charge is 0.493 e. The number of carbonyl (C=O) groups is 2. The van der Waals surface area contributed by atoms with E-state index in [1.54, 1.807) is 24.4 Å². The number of benzene rings is 2. The summed E-state index contributed by atoms with van der Waals surface area (Å²) in [6.45, 7) is 3.64. The molecule has 0 fully saturated rings. The summed E-state index contributed by atoms with van der Waals surface area (Å²) in [4.78, 5) is 23.4. The van der Waals surface area contributed by atoms with E-state index in [2.05, 4.69) is 15.8 Å². The van der Waals surface area contributed by atoms with Crippen LogP contribution >= 0.6 is 0 Å². The quantitative estimate of drug-likeness (QED) is 0.633. The Labute approximate surface area is 140 Å². The number of hydrazone groups is 1. The van der Waals surface area contributed by atoms with Gasteiger partial charge in [-0.2, -0.15) is 5.10 Å². The fourth-order valence-corrected chi connectivity index (χ4v) is 2.03. The monoisotopic (exact) mass is 325 g/mol. The molecule has 0 aliphatic carbocycles. The Morgan fingerprint density at radius 2 is 1.92 bits per heavy atom. The average molecular weight is 325 g/mol. The summed E-state index contributed by atoms with van der Waals surface area (Å²) in [7, 11) is 0. The van der Waals surface area contributed by atoms with Crippen molar-refractivity contribution < 1.29 is 14.3 Å². The van der Waals surface area contributed by atoms with Crippen molar-refractivity contribution in [1.29, 1.82) is 0 Å². The lowest BCUT2D eigenvalue weighted by Crippen LogP contribution is -2.19.